The summed E-state index contributed by atoms with van der Waals surface area (Å²) in [5.74, 6) is -0.329. The molecule has 1 aromatic heterocycles. The van der Waals surface area contributed by atoms with E-state index in [1.54, 1.807) is 17.0 Å². The standard InChI is InChI=1S/C28H27N3O4/c32-19-27(33)21-6-4-20(5-7-21)18-31(28(34)30-12-14-35-15-13-30)25-3-1-2-22(17-25)23-8-9-26-24(16-23)10-11-29-26/h1-11,16-17,29,32H,12-15,18-19H2. The molecule has 1 aliphatic rings. The van der Waals surface area contributed by atoms with Crippen molar-refractivity contribution in [2.24, 2.45) is 0 Å². The molecule has 3 aromatic carbocycles. The van der Waals surface area contributed by atoms with Gasteiger partial charge < -0.3 is 19.7 Å². The number of anilines is 1. The predicted molar refractivity (Wildman–Crippen MR) is 136 cm³/mol. The minimum atomic E-state index is -0.525. The lowest BCUT2D eigenvalue weighted by Gasteiger charge is -2.33. The summed E-state index contributed by atoms with van der Waals surface area (Å²) in [4.78, 5) is 32.2. The molecule has 4 aromatic rings. The number of fused-ring (bicyclic) bond motifs is 1. The fourth-order valence-corrected chi connectivity index (χ4v) is 4.35. The van der Waals surface area contributed by atoms with Crippen LogP contribution in [0, 0.1) is 0 Å². The molecule has 1 aliphatic heterocycles. The summed E-state index contributed by atoms with van der Waals surface area (Å²) in [6, 6.07) is 23.3. The number of ether oxygens (including phenoxy) is 1. The lowest BCUT2D eigenvalue weighted by Crippen LogP contribution is -2.48. The lowest BCUT2D eigenvalue weighted by atomic mass is 10.0. The molecule has 0 atom stereocenters. The number of aromatic amines is 1. The third kappa shape index (κ3) is 4.96. The maximum absolute atomic E-state index is 13.6. The summed E-state index contributed by atoms with van der Waals surface area (Å²) in [5.41, 5.74) is 5.31. The number of hydrogen-bond acceptors (Lipinski definition) is 4. The SMILES string of the molecule is O=C(CO)c1ccc(CN(C(=O)N2CCOCC2)c2cccc(-c3ccc4[nH]ccc4c3)c2)cc1. The number of H-pyrrole nitrogens is 1. The minimum absolute atomic E-state index is 0.0814. The molecule has 0 spiro atoms. The largest absolute Gasteiger partial charge is 0.388 e. The van der Waals surface area contributed by atoms with Crippen molar-refractivity contribution in [1.82, 2.24) is 9.88 Å². The van der Waals surface area contributed by atoms with Gasteiger partial charge in [-0.3, -0.25) is 9.69 Å². The van der Waals surface area contributed by atoms with Crippen molar-refractivity contribution < 1.29 is 19.4 Å². The number of Topliss-reactive ketones (excluding diaryl/α,β-unsaturated/α-hetero) is 1. The van der Waals surface area contributed by atoms with Crippen molar-refractivity contribution in [2.75, 3.05) is 37.8 Å². The van der Waals surface area contributed by atoms with E-state index in [1.165, 1.54) is 0 Å². The predicted octanol–water partition coefficient (Wildman–Crippen LogP) is 4.47. The zero-order chi connectivity index (χ0) is 24.2. The smallest absolute Gasteiger partial charge is 0.324 e. The first-order valence-electron chi connectivity index (χ1n) is 11.7. The molecule has 0 unspecified atom stereocenters. The number of aromatic nitrogens is 1. The van der Waals surface area contributed by atoms with Gasteiger partial charge in [-0.05, 0) is 52.4 Å². The number of aliphatic hydroxyl groups is 1. The summed E-state index contributed by atoms with van der Waals surface area (Å²) in [7, 11) is 0. The van der Waals surface area contributed by atoms with Gasteiger partial charge in [-0.25, -0.2) is 4.79 Å². The maximum Gasteiger partial charge on any atom is 0.324 e. The number of aliphatic hydroxyl groups excluding tert-OH is 1. The molecule has 35 heavy (non-hydrogen) atoms. The van der Waals surface area contributed by atoms with Crippen molar-refractivity contribution in [3.8, 4) is 11.1 Å². The van der Waals surface area contributed by atoms with Gasteiger partial charge in [-0.2, -0.15) is 0 Å². The molecule has 2 N–H and O–H groups in total. The van der Waals surface area contributed by atoms with Gasteiger partial charge in [0.05, 0.1) is 19.8 Å². The molecule has 2 heterocycles. The number of nitrogens with zero attached hydrogens (tertiary/aromatic N) is 2. The molecule has 1 saturated heterocycles. The van der Waals surface area contributed by atoms with E-state index in [4.69, 9.17) is 9.84 Å². The first-order chi connectivity index (χ1) is 17.1. The van der Waals surface area contributed by atoms with Crippen LogP contribution in [0.3, 0.4) is 0 Å². The Morgan fingerprint density at radius 1 is 0.943 bits per heavy atom. The van der Waals surface area contributed by atoms with Crippen LogP contribution in [0.25, 0.3) is 22.0 Å². The average Bonchev–Trinajstić information content (AvgIpc) is 3.40. The summed E-state index contributed by atoms with van der Waals surface area (Å²) in [6.07, 6.45) is 1.92. The Hall–Kier alpha value is -3.94. The number of ketones is 1. The van der Waals surface area contributed by atoms with Crippen molar-refractivity contribution in [3.05, 3.63) is 90.1 Å². The maximum atomic E-state index is 13.6. The van der Waals surface area contributed by atoms with Crippen LogP contribution in [0.1, 0.15) is 15.9 Å². The van der Waals surface area contributed by atoms with Crippen LogP contribution in [-0.2, 0) is 11.3 Å². The highest BCUT2D eigenvalue weighted by molar-refractivity contribution is 5.97. The average molecular weight is 470 g/mol. The van der Waals surface area contributed by atoms with Crippen LogP contribution < -0.4 is 4.90 Å². The molecule has 2 amide bonds. The summed E-state index contributed by atoms with van der Waals surface area (Å²) in [6.45, 7) is 1.96. The number of carbonyl (C=O) groups excluding carboxylic acids is 2. The van der Waals surface area contributed by atoms with E-state index in [-0.39, 0.29) is 11.8 Å². The molecule has 0 saturated carbocycles. The lowest BCUT2D eigenvalue weighted by molar-refractivity contribution is 0.0548. The number of urea groups is 1. The van der Waals surface area contributed by atoms with E-state index >= 15 is 0 Å². The molecule has 0 bridgehead atoms. The number of rotatable bonds is 6. The van der Waals surface area contributed by atoms with E-state index in [9.17, 15) is 9.59 Å². The first kappa shape index (κ1) is 22.8. The van der Waals surface area contributed by atoms with E-state index < -0.39 is 6.61 Å². The third-order valence-electron chi connectivity index (χ3n) is 6.32. The molecule has 5 rings (SSSR count). The van der Waals surface area contributed by atoms with Crippen molar-refractivity contribution in [2.45, 2.75) is 6.54 Å². The Labute approximate surface area is 203 Å². The fourth-order valence-electron chi connectivity index (χ4n) is 4.35. The minimum Gasteiger partial charge on any atom is -0.388 e. The number of nitrogens with one attached hydrogen (secondary N) is 1. The van der Waals surface area contributed by atoms with Crippen molar-refractivity contribution in [1.29, 1.82) is 0 Å². The van der Waals surface area contributed by atoms with E-state index in [2.05, 4.69) is 23.2 Å². The monoisotopic (exact) mass is 469 g/mol. The van der Waals surface area contributed by atoms with Crippen molar-refractivity contribution >= 4 is 28.4 Å². The van der Waals surface area contributed by atoms with Gasteiger partial charge in [0.15, 0.2) is 5.78 Å². The Kier molecular flexibility index (Phi) is 6.61. The molecular weight excluding hydrogens is 442 g/mol. The van der Waals surface area contributed by atoms with Gasteiger partial charge in [0.25, 0.3) is 0 Å². The fraction of sp³-hybridized carbons (Fsp3) is 0.214. The number of amides is 2. The van der Waals surface area contributed by atoms with E-state index in [0.717, 1.165) is 33.3 Å². The van der Waals surface area contributed by atoms with Crippen LogP contribution in [0.2, 0.25) is 0 Å². The number of hydrogen-bond donors (Lipinski definition) is 2. The van der Waals surface area contributed by atoms with Crippen molar-refractivity contribution in [3.63, 3.8) is 0 Å². The van der Waals surface area contributed by atoms with Gasteiger partial charge in [-0.15, -0.1) is 0 Å². The molecule has 1 fully saturated rings. The Balaban J connectivity index is 1.47. The van der Waals surface area contributed by atoms with Crippen LogP contribution in [-0.4, -0.2) is 59.7 Å². The molecular formula is C28H27N3O4. The molecule has 178 valence electrons. The summed E-state index contributed by atoms with van der Waals surface area (Å²) < 4.78 is 5.44. The van der Waals surface area contributed by atoms with Gasteiger partial charge in [0.2, 0.25) is 0 Å². The second-order valence-electron chi connectivity index (χ2n) is 8.58. The highest BCUT2D eigenvalue weighted by atomic mass is 16.5. The second-order valence-corrected chi connectivity index (χ2v) is 8.58. The van der Waals surface area contributed by atoms with Gasteiger partial charge in [0.1, 0.15) is 6.61 Å². The zero-order valence-electron chi connectivity index (χ0n) is 19.3. The quantitative estimate of drug-likeness (QED) is 0.408. The van der Waals surface area contributed by atoms with Gasteiger partial charge >= 0.3 is 6.03 Å². The Bertz CT molecular complexity index is 1340. The topological polar surface area (TPSA) is 85.9 Å². The van der Waals surface area contributed by atoms with Crippen LogP contribution in [0.4, 0.5) is 10.5 Å². The highest BCUT2D eigenvalue weighted by Crippen LogP contribution is 2.29. The first-order valence-corrected chi connectivity index (χ1v) is 11.7. The molecule has 0 aliphatic carbocycles. The second kappa shape index (κ2) is 10.1. The van der Waals surface area contributed by atoms with E-state index in [1.807, 2.05) is 53.6 Å². The van der Waals surface area contributed by atoms with Crippen LogP contribution in [0.15, 0.2) is 79.0 Å². The molecule has 7 nitrogen and oxygen atoms in total. The molecule has 7 heteroatoms. The normalized spacial score (nSPS) is 13.7. The molecule has 0 radical (unpaired) electrons. The number of benzene rings is 3. The zero-order valence-corrected chi connectivity index (χ0v) is 19.3. The van der Waals surface area contributed by atoms with Gasteiger partial charge in [-0.1, -0.05) is 42.5 Å². The number of morpholine rings is 1. The van der Waals surface area contributed by atoms with Crippen LogP contribution >= 0.6 is 0 Å². The van der Waals surface area contributed by atoms with Crippen LogP contribution in [0.5, 0.6) is 0 Å². The van der Waals surface area contributed by atoms with Gasteiger partial charge in [0, 0.05) is 36.1 Å². The third-order valence-corrected chi connectivity index (χ3v) is 6.32. The Morgan fingerprint density at radius 2 is 1.71 bits per heavy atom. The highest BCUT2D eigenvalue weighted by Gasteiger charge is 2.25. The summed E-state index contributed by atoms with van der Waals surface area (Å²) >= 11 is 0. The van der Waals surface area contributed by atoms with E-state index in [0.29, 0.717) is 38.4 Å². The number of carbonyl (C=O) groups is 2. The summed E-state index contributed by atoms with van der Waals surface area (Å²) in [5, 5.41) is 10.2. The Morgan fingerprint density at radius 3 is 2.49 bits per heavy atom.